The predicted molar refractivity (Wildman–Crippen MR) is 114 cm³/mol. The number of halogens is 1. The molecule has 30 heavy (non-hydrogen) atoms. The first-order valence-electron chi connectivity index (χ1n) is 9.61. The number of hydrogen-bond acceptors (Lipinski definition) is 4. The smallest absolute Gasteiger partial charge is 0.260 e. The van der Waals surface area contributed by atoms with Gasteiger partial charge in [0.15, 0.2) is 5.03 Å². The third-order valence-corrected chi connectivity index (χ3v) is 6.76. The largest absolute Gasteiger partial charge is 0.354 e. The molecule has 0 aliphatic rings. The first-order valence-corrected chi connectivity index (χ1v) is 11.1. The Bertz CT molecular complexity index is 1200. The molecule has 7 nitrogen and oxygen atoms in total. The van der Waals surface area contributed by atoms with Crippen molar-refractivity contribution in [2.45, 2.75) is 31.8 Å². The summed E-state index contributed by atoms with van der Waals surface area (Å²) in [5.74, 6) is -0.239. The second-order valence-electron chi connectivity index (χ2n) is 7.38. The van der Waals surface area contributed by atoms with Crippen LogP contribution in [-0.4, -0.2) is 47.9 Å². The van der Waals surface area contributed by atoms with Crippen LogP contribution in [0.4, 0.5) is 4.39 Å². The molecule has 160 valence electrons. The lowest BCUT2D eigenvalue weighted by molar-refractivity contribution is -0.353. The van der Waals surface area contributed by atoms with Crippen LogP contribution >= 0.6 is 0 Å². The first kappa shape index (κ1) is 22.1. The molecule has 0 saturated heterocycles. The molecule has 3 rings (SSSR count). The molecule has 0 aromatic carbocycles. The lowest BCUT2D eigenvalue weighted by Gasteiger charge is -2.11. The van der Waals surface area contributed by atoms with Crippen molar-refractivity contribution in [2.24, 2.45) is 0 Å². The normalized spacial score (nSPS) is 12.8. The average Bonchev–Trinajstić information content (AvgIpc) is 2.93. The highest BCUT2D eigenvalue weighted by Gasteiger charge is 2.20. The number of hydrogen-bond donors (Lipinski definition) is 1. The highest BCUT2D eigenvalue weighted by molar-refractivity contribution is 7.89. The molecule has 0 bridgehead atoms. The van der Waals surface area contributed by atoms with E-state index in [4.69, 9.17) is 0 Å². The minimum absolute atomic E-state index is 0.00440. The zero-order valence-electron chi connectivity index (χ0n) is 17.7. The maximum atomic E-state index is 14.2. The predicted octanol–water partition coefficient (Wildman–Crippen LogP) is 1.98. The molecule has 0 unspecified atom stereocenters. The van der Waals surface area contributed by atoms with Gasteiger partial charge in [-0.1, -0.05) is 6.07 Å². The van der Waals surface area contributed by atoms with Crippen LogP contribution in [0.15, 0.2) is 47.4 Å². The van der Waals surface area contributed by atoms with Gasteiger partial charge in [-0.2, -0.15) is 0 Å². The summed E-state index contributed by atoms with van der Waals surface area (Å²) in [7, 11) is -0.634. The number of aromatic nitrogens is 3. The molecule has 0 fully saturated rings. The van der Waals surface area contributed by atoms with Crippen molar-refractivity contribution in [3.05, 3.63) is 64.9 Å². The van der Waals surface area contributed by atoms with Crippen molar-refractivity contribution in [1.82, 2.24) is 18.8 Å². The molecule has 3 heterocycles. The number of pyridine rings is 2. The number of fused-ring (bicyclic) bond motifs is 1. The average molecular weight is 433 g/mol. The number of nitrogens with zero attached hydrogens (tertiary/aromatic N) is 4. The minimum atomic E-state index is -3.58. The Labute approximate surface area is 176 Å². The number of quaternary nitrogens is 1. The Morgan fingerprint density at radius 3 is 2.57 bits per heavy atom. The van der Waals surface area contributed by atoms with Gasteiger partial charge < -0.3 is 10.3 Å². The van der Waals surface area contributed by atoms with Crippen LogP contribution in [0.25, 0.3) is 11.0 Å². The van der Waals surface area contributed by atoms with E-state index in [-0.39, 0.29) is 17.4 Å². The van der Waals surface area contributed by atoms with E-state index in [1.54, 1.807) is 12.3 Å². The summed E-state index contributed by atoms with van der Waals surface area (Å²) in [6.45, 7) is 4.38. The maximum absolute atomic E-state index is 14.2. The third-order valence-electron chi connectivity index (χ3n) is 5.03. The van der Waals surface area contributed by atoms with Crippen molar-refractivity contribution < 1.29 is 18.5 Å². The summed E-state index contributed by atoms with van der Waals surface area (Å²) in [4.78, 5) is 8.83. The van der Waals surface area contributed by atoms with Gasteiger partial charge in [0, 0.05) is 49.7 Å². The van der Waals surface area contributed by atoms with Gasteiger partial charge in [-0.25, -0.2) is 22.1 Å². The van der Waals surface area contributed by atoms with Crippen LogP contribution in [0.5, 0.6) is 0 Å². The lowest BCUT2D eigenvalue weighted by Crippen LogP contribution is -2.49. The van der Waals surface area contributed by atoms with Gasteiger partial charge >= 0.3 is 0 Å². The van der Waals surface area contributed by atoms with E-state index in [9.17, 15) is 12.8 Å². The Hall–Kier alpha value is -2.62. The molecular weight excluding hydrogens is 405 g/mol. The van der Waals surface area contributed by atoms with Gasteiger partial charge in [0.1, 0.15) is 5.83 Å². The maximum Gasteiger partial charge on any atom is 0.260 e. The fourth-order valence-corrected chi connectivity index (χ4v) is 4.15. The summed E-state index contributed by atoms with van der Waals surface area (Å²) >= 11 is 0. The Morgan fingerprint density at radius 2 is 1.97 bits per heavy atom. The SMILES string of the molecule is Cc1ccc2c(n1)c(Cc1ccc(S(=O)(=O)N(C)C)nc1)c(C)n2C/C(F)=C/C[NH3+]. The molecule has 0 saturated carbocycles. The van der Waals surface area contributed by atoms with E-state index in [0.717, 1.165) is 37.9 Å². The molecular formula is C21H27FN5O2S+. The molecule has 0 spiro atoms. The fraction of sp³-hybridized carbons (Fsp3) is 0.333. The van der Waals surface area contributed by atoms with Crippen molar-refractivity contribution in [1.29, 1.82) is 0 Å². The summed E-state index contributed by atoms with van der Waals surface area (Å²) in [5, 5.41) is 0.00440. The van der Waals surface area contributed by atoms with Crippen LogP contribution in [0.2, 0.25) is 0 Å². The quantitative estimate of drug-likeness (QED) is 0.618. The van der Waals surface area contributed by atoms with Crippen molar-refractivity contribution in [2.75, 3.05) is 20.6 Å². The molecule has 0 amide bonds. The first-order chi connectivity index (χ1) is 14.1. The van der Waals surface area contributed by atoms with E-state index < -0.39 is 10.0 Å². The number of allylic oxidation sites excluding steroid dienone is 1. The van der Waals surface area contributed by atoms with Gasteiger partial charge in [-0.05, 0) is 37.6 Å². The Morgan fingerprint density at radius 1 is 1.23 bits per heavy atom. The number of aryl methyl sites for hydroxylation is 1. The molecule has 0 aliphatic heterocycles. The van der Waals surface area contributed by atoms with Crippen molar-refractivity contribution in [3.63, 3.8) is 0 Å². The molecule has 3 N–H and O–H groups in total. The second-order valence-corrected chi connectivity index (χ2v) is 9.48. The molecule has 3 aromatic heterocycles. The zero-order valence-corrected chi connectivity index (χ0v) is 18.5. The molecule has 0 radical (unpaired) electrons. The zero-order chi connectivity index (χ0) is 22.1. The van der Waals surface area contributed by atoms with Crippen LogP contribution in [0.3, 0.4) is 0 Å². The van der Waals surface area contributed by atoms with E-state index in [1.165, 1.54) is 26.2 Å². The molecule has 9 heteroatoms. The van der Waals surface area contributed by atoms with Crippen LogP contribution in [-0.2, 0) is 23.0 Å². The lowest BCUT2D eigenvalue weighted by atomic mass is 10.1. The highest BCUT2D eigenvalue weighted by atomic mass is 32.2. The van der Waals surface area contributed by atoms with Gasteiger partial charge in [-0.3, -0.25) is 4.98 Å². The van der Waals surface area contributed by atoms with Crippen LogP contribution in [0.1, 0.15) is 22.5 Å². The van der Waals surface area contributed by atoms with Crippen LogP contribution < -0.4 is 5.73 Å². The van der Waals surface area contributed by atoms with E-state index in [0.29, 0.717) is 13.0 Å². The Balaban J connectivity index is 2.03. The van der Waals surface area contributed by atoms with Crippen molar-refractivity contribution in [3.8, 4) is 0 Å². The summed E-state index contributed by atoms with van der Waals surface area (Å²) in [5.41, 5.74) is 8.97. The van der Waals surface area contributed by atoms with Crippen molar-refractivity contribution >= 4 is 21.1 Å². The molecule has 0 aliphatic carbocycles. The summed E-state index contributed by atoms with van der Waals surface area (Å²) in [6.07, 6.45) is 3.56. The number of rotatable bonds is 7. The minimum Gasteiger partial charge on any atom is -0.354 e. The molecule has 3 aromatic rings. The van der Waals surface area contributed by atoms with E-state index >= 15 is 0 Å². The van der Waals surface area contributed by atoms with E-state index in [2.05, 4.69) is 15.7 Å². The van der Waals surface area contributed by atoms with Gasteiger partial charge in [0.05, 0.1) is 24.1 Å². The summed E-state index contributed by atoms with van der Waals surface area (Å²) in [6, 6.07) is 7.13. The van der Waals surface area contributed by atoms with Crippen LogP contribution in [0, 0.1) is 13.8 Å². The topological polar surface area (TPSA) is 95.7 Å². The van der Waals surface area contributed by atoms with Gasteiger partial charge in [0.2, 0.25) is 0 Å². The van der Waals surface area contributed by atoms with Gasteiger partial charge in [0.25, 0.3) is 10.0 Å². The summed E-state index contributed by atoms with van der Waals surface area (Å²) < 4.78 is 41.8. The number of sulfonamides is 1. The highest BCUT2D eigenvalue weighted by Crippen LogP contribution is 2.28. The van der Waals surface area contributed by atoms with Gasteiger partial charge in [-0.15, -0.1) is 0 Å². The van der Waals surface area contributed by atoms with E-state index in [1.807, 2.05) is 30.5 Å². The third kappa shape index (κ3) is 4.28. The Kier molecular flexibility index (Phi) is 6.35. The standard InChI is InChI=1S/C21H26FN5O2S/c1-14-5-7-19-21(25-14)18(15(2)27(19)13-17(22)9-10-23)11-16-6-8-20(24-12-16)30(28,29)26(3)4/h5-9,12H,10-11,13,23H2,1-4H3/p+1/b17-9-. The fourth-order valence-electron chi connectivity index (χ4n) is 3.35. The monoisotopic (exact) mass is 432 g/mol. The molecule has 0 atom stereocenters. The second kappa shape index (κ2) is 8.63.